The molecule has 2 rings (SSSR count). The Hall–Kier alpha value is -1.43. The Labute approximate surface area is 138 Å². The van der Waals surface area contributed by atoms with Crippen LogP contribution in [0.25, 0.3) is 0 Å². The molecule has 0 unspecified atom stereocenters. The lowest BCUT2D eigenvalue weighted by molar-refractivity contribution is 0.247. The molecule has 0 radical (unpaired) electrons. The SMILES string of the molecule is CCc1nccn1[C@H]1CCCN(S(=O)(=O)N(C)C[C@@H](C)C#N)C1. The lowest BCUT2D eigenvalue weighted by atomic mass is 10.1. The van der Waals surface area contributed by atoms with Crippen molar-refractivity contribution in [1.29, 1.82) is 5.26 Å². The normalized spacial score (nSPS) is 21.3. The molecule has 1 aliphatic heterocycles. The van der Waals surface area contributed by atoms with E-state index in [2.05, 4.69) is 15.6 Å². The minimum absolute atomic E-state index is 0.123. The Bertz CT molecular complexity index is 664. The number of nitrogens with zero attached hydrogens (tertiary/aromatic N) is 5. The Kier molecular flexibility index (Phi) is 5.79. The maximum Gasteiger partial charge on any atom is 0.281 e. The highest BCUT2D eigenvalue weighted by Gasteiger charge is 2.33. The number of hydrogen-bond acceptors (Lipinski definition) is 4. The van der Waals surface area contributed by atoms with Gasteiger partial charge >= 0.3 is 0 Å². The number of aryl methyl sites for hydroxylation is 1. The topological polar surface area (TPSA) is 82.2 Å². The monoisotopic (exact) mass is 339 g/mol. The summed E-state index contributed by atoms with van der Waals surface area (Å²) in [6.07, 6.45) is 6.31. The molecule has 1 aromatic rings. The summed E-state index contributed by atoms with van der Waals surface area (Å²) < 4.78 is 30.4. The van der Waals surface area contributed by atoms with Crippen LogP contribution in [-0.2, 0) is 16.6 Å². The van der Waals surface area contributed by atoms with E-state index in [0.717, 1.165) is 25.1 Å². The van der Waals surface area contributed by atoms with Crippen molar-refractivity contribution in [1.82, 2.24) is 18.2 Å². The molecule has 0 saturated carbocycles. The summed E-state index contributed by atoms with van der Waals surface area (Å²) in [7, 11) is -1.99. The molecule has 0 amide bonds. The van der Waals surface area contributed by atoms with Gasteiger partial charge in [-0.15, -0.1) is 0 Å². The maximum atomic E-state index is 12.7. The number of rotatable bonds is 6. The predicted octanol–water partition coefficient (Wildman–Crippen LogP) is 1.42. The number of nitriles is 1. The molecule has 1 fully saturated rings. The number of imidazole rings is 1. The Morgan fingerprint density at radius 3 is 2.96 bits per heavy atom. The summed E-state index contributed by atoms with van der Waals surface area (Å²) in [5.74, 6) is 0.663. The predicted molar refractivity (Wildman–Crippen MR) is 87.8 cm³/mol. The fourth-order valence-electron chi connectivity index (χ4n) is 3.03. The standard InChI is InChI=1S/C15H25N5O2S/c1-4-15-17-7-9-20(15)14-6-5-8-19(12-14)23(21,22)18(3)11-13(2)10-16/h7,9,13-14H,4-6,8,11-12H2,1-3H3/t13-,14-/m0/s1. The summed E-state index contributed by atoms with van der Waals surface area (Å²) in [4.78, 5) is 4.33. The van der Waals surface area contributed by atoms with Crippen molar-refractivity contribution in [2.45, 2.75) is 39.2 Å². The third-order valence-corrected chi connectivity index (χ3v) is 6.21. The Morgan fingerprint density at radius 2 is 2.30 bits per heavy atom. The van der Waals surface area contributed by atoms with Gasteiger partial charge in [-0.1, -0.05) is 6.92 Å². The van der Waals surface area contributed by atoms with Gasteiger partial charge in [0, 0.05) is 51.5 Å². The summed E-state index contributed by atoms with van der Waals surface area (Å²) in [6.45, 7) is 4.97. The van der Waals surface area contributed by atoms with Gasteiger partial charge in [-0.3, -0.25) is 0 Å². The van der Waals surface area contributed by atoms with E-state index in [1.807, 2.05) is 13.1 Å². The van der Waals surface area contributed by atoms with E-state index in [4.69, 9.17) is 5.26 Å². The van der Waals surface area contributed by atoms with E-state index in [1.54, 1.807) is 20.2 Å². The van der Waals surface area contributed by atoms with Gasteiger partial charge in [0.1, 0.15) is 5.82 Å². The molecule has 0 bridgehead atoms. The van der Waals surface area contributed by atoms with Gasteiger partial charge in [-0.2, -0.15) is 22.3 Å². The molecule has 0 spiro atoms. The highest BCUT2D eigenvalue weighted by molar-refractivity contribution is 7.86. The maximum absolute atomic E-state index is 12.7. The molecule has 1 saturated heterocycles. The third-order valence-electron chi connectivity index (χ3n) is 4.29. The van der Waals surface area contributed by atoms with Gasteiger partial charge in [0.2, 0.25) is 0 Å². The zero-order valence-corrected chi connectivity index (χ0v) is 14.8. The van der Waals surface area contributed by atoms with Gasteiger partial charge in [0.25, 0.3) is 10.2 Å². The number of piperidine rings is 1. The lowest BCUT2D eigenvalue weighted by Gasteiger charge is -2.35. The minimum atomic E-state index is -3.53. The van der Waals surface area contributed by atoms with Gasteiger partial charge in [0.15, 0.2) is 0 Å². The Balaban J connectivity index is 2.13. The molecule has 128 valence electrons. The zero-order valence-electron chi connectivity index (χ0n) is 14.0. The fraction of sp³-hybridized carbons (Fsp3) is 0.733. The summed E-state index contributed by atoms with van der Waals surface area (Å²) in [5.41, 5.74) is 0. The van der Waals surface area contributed by atoms with Crippen LogP contribution in [0.4, 0.5) is 0 Å². The number of hydrogen-bond donors (Lipinski definition) is 0. The van der Waals surface area contributed by atoms with Crippen LogP contribution in [0.5, 0.6) is 0 Å². The Morgan fingerprint density at radius 1 is 1.57 bits per heavy atom. The van der Waals surface area contributed by atoms with Crippen molar-refractivity contribution in [3.63, 3.8) is 0 Å². The first-order valence-corrected chi connectivity index (χ1v) is 9.42. The van der Waals surface area contributed by atoms with E-state index in [0.29, 0.717) is 13.1 Å². The molecular weight excluding hydrogens is 314 g/mol. The van der Waals surface area contributed by atoms with Crippen LogP contribution >= 0.6 is 0 Å². The average molecular weight is 339 g/mol. The lowest BCUT2D eigenvalue weighted by Crippen LogP contribution is -2.48. The van der Waals surface area contributed by atoms with E-state index in [-0.39, 0.29) is 18.5 Å². The minimum Gasteiger partial charge on any atom is -0.331 e. The van der Waals surface area contributed by atoms with Gasteiger partial charge in [-0.25, -0.2) is 4.98 Å². The molecule has 8 heteroatoms. The smallest absolute Gasteiger partial charge is 0.281 e. The van der Waals surface area contributed by atoms with Crippen LogP contribution in [-0.4, -0.2) is 53.3 Å². The van der Waals surface area contributed by atoms with E-state index in [9.17, 15) is 8.42 Å². The second-order valence-corrected chi connectivity index (χ2v) is 8.11. The van der Waals surface area contributed by atoms with Gasteiger partial charge in [0.05, 0.1) is 12.0 Å². The first-order valence-electron chi connectivity index (χ1n) is 8.02. The van der Waals surface area contributed by atoms with Crippen LogP contribution in [0.3, 0.4) is 0 Å². The summed E-state index contributed by atoms with van der Waals surface area (Å²) in [5, 5.41) is 8.89. The van der Waals surface area contributed by atoms with E-state index in [1.165, 1.54) is 8.61 Å². The molecule has 1 aromatic heterocycles. The molecule has 23 heavy (non-hydrogen) atoms. The summed E-state index contributed by atoms with van der Waals surface area (Å²) in [6, 6.07) is 2.20. The van der Waals surface area contributed by atoms with Crippen LogP contribution < -0.4 is 0 Å². The largest absolute Gasteiger partial charge is 0.331 e. The van der Waals surface area contributed by atoms with Crippen molar-refractivity contribution in [2.75, 3.05) is 26.7 Å². The molecule has 1 aliphatic rings. The van der Waals surface area contributed by atoms with Gasteiger partial charge in [-0.05, 0) is 19.8 Å². The van der Waals surface area contributed by atoms with Crippen molar-refractivity contribution in [3.05, 3.63) is 18.2 Å². The van der Waals surface area contributed by atoms with Crippen molar-refractivity contribution >= 4 is 10.2 Å². The molecule has 2 atom stereocenters. The average Bonchev–Trinajstić information content (AvgIpc) is 3.03. The molecule has 0 N–H and O–H groups in total. The van der Waals surface area contributed by atoms with E-state index >= 15 is 0 Å². The molecule has 0 aromatic carbocycles. The molecule has 0 aliphatic carbocycles. The fourth-order valence-corrected chi connectivity index (χ4v) is 4.55. The second-order valence-electron chi connectivity index (χ2n) is 6.08. The third kappa shape index (κ3) is 3.91. The van der Waals surface area contributed by atoms with Crippen molar-refractivity contribution in [3.8, 4) is 6.07 Å². The summed E-state index contributed by atoms with van der Waals surface area (Å²) >= 11 is 0. The van der Waals surface area contributed by atoms with Gasteiger partial charge < -0.3 is 4.57 Å². The van der Waals surface area contributed by atoms with Crippen molar-refractivity contribution in [2.24, 2.45) is 5.92 Å². The quantitative estimate of drug-likeness (QED) is 0.785. The highest BCUT2D eigenvalue weighted by atomic mass is 32.2. The second kappa shape index (κ2) is 7.43. The molecule has 2 heterocycles. The van der Waals surface area contributed by atoms with Crippen LogP contribution in [0.1, 0.15) is 38.6 Å². The first-order chi connectivity index (χ1) is 10.9. The van der Waals surface area contributed by atoms with E-state index < -0.39 is 10.2 Å². The first kappa shape index (κ1) is 17.9. The van der Waals surface area contributed by atoms with Crippen molar-refractivity contribution < 1.29 is 8.42 Å². The zero-order chi connectivity index (χ0) is 17.0. The van der Waals surface area contributed by atoms with Crippen LogP contribution in [0.2, 0.25) is 0 Å². The van der Waals surface area contributed by atoms with Crippen LogP contribution in [0.15, 0.2) is 12.4 Å². The molecule has 7 nitrogen and oxygen atoms in total. The van der Waals surface area contributed by atoms with Crippen LogP contribution in [0, 0.1) is 17.2 Å². The molecular formula is C15H25N5O2S. The number of aromatic nitrogens is 2. The highest BCUT2D eigenvalue weighted by Crippen LogP contribution is 2.25.